The number of aromatic nitrogens is 4. The van der Waals surface area contributed by atoms with Crippen LogP contribution in [0.3, 0.4) is 0 Å². The molecule has 26 nitrogen and oxygen atoms in total. The predicted octanol–water partition coefficient (Wildman–Crippen LogP) is 4.01. The van der Waals surface area contributed by atoms with E-state index in [0.29, 0.717) is 82.0 Å². The number of nitrogens with zero attached hydrogens (tertiary/aromatic N) is 2. The van der Waals surface area contributed by atoms with Crippen molar-refractivity contribution in [2.24, 2.45) is 5.73 Å². The van der Waals surface area contributed by atoms with E-state index in [1.165, 1.54) is 91.9 Å². The van der Waals surface area contributed by atoms with Gasteiger partial charge in [0.1, 0.15) is 71.0 Å². The molecule has 30 heteroatoms. The zero-order chi connectivity index (χ0) is 71.5. The van der Waals surface area contributed by atoms with Gasteiger partial charge in [-0.3, -0.25) is 47.9 Å². The van der Waals surface area contributed by atoms with E-state index in [9.17, 15) is 38.3 Å². The Morgan fingerprint density at radius 3 is 1.80 bits per heavy atom. The molecule has 9 amide bonds. The second kappa shape index (κ2) is 35.3. The number of nitrogens with two attached hydrogens (primary N) is 1. The van der Waals surface area contributed by atoms with Crippen LogP contribution in [-0.2, 0) is 85.1 Å². The Morgan fingerprint density at radius 1 is 0.660 bits per heavy atom. The minimum Gasteiger partial charge on any atom is -0.497 e. The van der Waals surface area contributed by atoms with Gasteiger partial charge in [-0.25, -0.2) is 13.8 Å². The van der Waals surface area contributed by atoms with Crippen LogP contribution in [0.5, 0.6) is 5.75 Å². The zero-order valence-electron chi connectivity index (χ0n) is 55.6. The molecule has 1 fully saturated rings. The Morgan fingerprint density at radius 2 is 1.22 bits per heavy atom. The molecular weight excluding hydrogens is 1330 g/mol. The molecule has 14 N–H and O–H groups in total. The largest absolute Gasteiger partial charge is 0.497 e. The van der Waals surface area contributed by atoms with Crippen molar-refractivity contribution in [1.29, 1.82) is 0 Å². The average Bonchev–Trinajstić information content (AvgIpc) is 1.57. The smallest absolute Gasteiger partial charge is 0.305 e. The van der Waals surface area contributed by atoms with E-state index in [0.717, 1.165) is 11.1 Å². The van der Waals surface area contributed by atoms with Crippen molar-refractivity contribution in [2.45, 2.75) is 144 Å². The van der Waals surface area contributed by atoms with Crippen LogP contribution in [0.15, 0.2) is 110 Å². The number of hydrogen-bond donors (Lipinski definition) is 13. The fourth-order valence-electron chi connectivity index (χ4n) is 12.2. The van der Waals surface area contributed by atoms with Gasteiger partial charge in [0.15, 0.2) is 0 Å². The van der Waals surface area contributed by atoms with E-state index in [1.54, 1.807) is 43.0 Å². The molecule has 2 aliphatic heterocycles. The van der Waals surface area contributed by atoms with Gasteiger partial charge in [-0.2, -0.15) is 23.5 Å². The number of H-pyrrole nitrogens is 3. The molecule has 4 aromatic carbocycles. The third kappa shape index (κ3) is 20.2. The Kier molecular flexibility index (Phi) is 26.3. The SMILES string of the molecule is COc1ccc(C[C@@H]2NC(=O)[C@H](Cc3ncc[nH]3)NC(=O)[C@H](CC(=O)O)NC(=O)[C@H](Cc3c[nH]c4ccc(F)cc34)NC(=O)[C@H](Cc3c[nH]c4ccc(F)cc34)NC(=O)[C@@H](CCCCN)NC(=O)[C@H](C)NC(=O)CCSCc3cccc(c3)CSCCNC(=O)[C@]3(C)CCCN3C2=O)cc1. The van der Waals surface area contributed by atoms with Gasteiger partial charge in [-0.05, 0) is 129 Å². The molecule has 532 valence electrons. The molecule has 9 rings (SSSR count). The second-order valence-electron chi connectivity index (χ2n) is 25.0. The Labute approximate surface area is 584 Å². The minimum absolute atomic E-state index is 0.0104. The van der Waals surface area contributed by atoms with E-state index in [4.69, 9.17) is 10.5 Å². The summed E-state index contributed by atoms with van der Waals surface area (Å²) >= 11 is 3.12. The monoisotopic (exact) mass is 1410 g/mol. The molecule has 2 bridgehead atoms. The van der Waals surface area contributed by atoms with E-state index < -0.39 is 131 Å². The summed E-state index contributed by atoms with van der Waals surface area (Å²) in [7, 11) is 1.49. The molecular formula is C70H84F2N14O12S2. The third-order valence-electron chi connectivity index (χ3n) is 17.7. The van der Waals surface area contributed by atoms with Crippen LogP contribution in [0.1, 0.15) is 92.4 Å². The van der Waals surface area contributed by atoms with E-state index in [1.807, 2.05) is 18.2 Å². The number of imidazole rings is 1. The van der Waals surface area contributed by atoms with Gasteiger partial charge in [0.25, 0.3) is 0 Å². The van der Waals surface area contributed by atoms with Crippen molar-refractivity contribution < 1.29 is 66.6 Å². The van der Waals surface area contributed by atoms with Gasteiger partial charge in [0, 0.05) is 115 Å². The summed E-state index contributed by atoms with van der Waals surface area (Å²) < 4.78 is 35.4. The highest BCUT2D eigenvalue weighted by molar-refractivity contribution is 7.98. The summed E-state index contributed by atoms with van der Waals surface area (Å²) in [4.78, 5) is 159. The highest BCUT2D eigenvalue weighted by Crippen LogP contribution is 2.31. The van der Waals surface area contributed by atoms with Crippen LogP contribution in [0.25, 0.3) is 21.8 Å². The molecule has 7 aromatic rings. The Balaban J connectivity index is 1.06. The minimum atomic E-state index is -2.01. The number of nitrogens with one attached hydrogen (secondary N) is 11. The number of carboxylic acid groups (broad SMARTS) is 1. The first-order valence-corrected chi connectivity index (χ1v) is 35.4. The molecule has 0 aliphatic carbocycles. The number of carboxylic acids is 1. The lowest BCUT2D eigenvalue weighted by Gasteiger charge is -2.36. The maximum absolute atomic E-state index is 15.3. The topological polar surface area (TPSA) is 386 Å². The molecule has 0 radical (unpaired) electrons. The van der Waals surface area contributed by atoms with E-state index in [2.05, 4.69) is 68.5 Å². The molecule has 0 spiro atoms. The number of carbonyl (C=O) groups is 10. The normalized spacial score (nSPS) is 22.8. The number of rotatable bonds is 15. The maximum Gasteiger partial charge on any atom is 0.305 e. The van der Waals surface area contributed by atoms with Crippen molar-refractivity contribution >= 4 is 104 Å². The number of hydrogen-bond acceptors (Lipinski definition) is 15. The number of methoxy groups -OCH3 is 1. The van der Waals surface area contributed by atoms with Crippen LogP contribution >= 0.6 is 23.5 Å². The number of aliphatic carboxylic acids is 1. The predicted molar refractivity (Wildman–Crippen MR) is 373 cm³/mol. The molecule has 5 heterocycles. The Bertz CT molecular complexity index is 4060. The highest BCUT2D eigenvalue weighted by Gasteiger charge is 2.48. The average molecular weight is 1420 g/mol. The molecule has 1 saturated heterocycles. The standard InChI is InChI=1S/C70H84F2N14O12S2/c1-40-62(90)80-53(10-4-5-21-73)63(91)81-54(30-44-36-77-51-17-13-46(71)32-49(44)51)64(92)82-55(31-45-37-78-52-18-14-47(72)33-50(45)52)65(93)84-57(35-61(88)89)67(95)83-56(34-59-74-22-23-75-59)66(94)85-58(29-41-11-15-48(98-3)16-12-41)68(96)86-25-7-20-70(86,2)69(97)76-24-27-100-39-43-9-6-8-42(28-43)38-99-26-19-60(87)79-40/h6,8-9,11-18,22-23,28,32-33,36-37,40,53-58,77-78H,4-5,7,10,19-21,24-27,29-31,34-35,38-39,73H2,1-3H3,(H,74,75)(H,76,97)(H,79,87)(H,80,90)(H,81,91)(H,82,92)(H,83,95)(H,84,93)(H,85,94)(H,88,89)/t40-,53+,54-,55-,56-,57-,58-,70-/m0/s1. The van der Waals surface area contributed by atoms with Gasteiger partial charge in [0.2, 0.25) is 53.2 Å². The number of aromatic amines is 3. The number of ether oxygens (including phenoxy) is 1. The van der Waals surface area contributed by atoms with E-state index >= 15 is 23.6 Å². The highest BCUT2D eigenvalue weighted by atomic mass is 32.2. The maximum atomic E-state index is 15.3. The summed E-state index contributed by atoms with van der Waals surface area (Å²) in [6.07, 6.45) is 4.98. The summed E-state index contributed by atoms with van der Waals surface area (Å²) in [5, 5.41) is 32.7. The van der Waals surface area contributed by atoms with Crippen molar-refractivity contribution in [3.8, 4) is 5.75 Å². The quantitative estimate of drug-likeness (QED) is 0.0645. The first kappa shape index (κ1) is 74.4. The molecule has 0 unspecified atom stereocenters. The molecule has 3 aromatic heterocycles. The van der Waals surface area contributed by atoms with Crippen LogP contribution in [0, 0.1) is 11.6 Å². The number of unbranched alkanes of at least 4 members (excludes halogenated alkanes) is 1. The lowest BCUT2D eigenvalue weighted by atomic mass is 9.95. The number of carbonyl (C=O) groups excluding carboxylic acids is 9. The second-order valence-corrected chi connectivity index (χ2v) is 27.3. The van der Waals surface area contributed by atoms with Gasteiger partial charge in [-0.15, -0.1) is 0 Å². The fraction of sp³-hybridized carbons (Fsp3) is 0.414. The fourth-order valence-corrected chi connectivity index (χ4v) is 13.9. The zero-order valence-corrected chi connectivity index (χ0v) is 57.3. The van der Waals surface area contributed by atoms with Crippen molar-refractivity contribution in [1.82, 2.24) is 67.4 Å². The molecule has 8 atom stereocenters. The van der Waals surface area contributed by atoms with Crippen molar-refractivity contribution in [2.75, 3.05) is 38.2 Å². The number of fused-ring (bicyclic) bond motifs is 5. The number of amides is 9. The molecule has 2 aliphatic rings. The van der Waals surface area contributed by atoms with Crippen LogP contribution in [0.4, 0.5) is 8.78 Å². The first-order valence-electron chi connectivity index (χ1n) is 33.1. The Hall–Kier alpha value is -9.81. The summed E-state index contributed by atoms with van der Waals surface area (Å²) in [6, 6.07) is 11.6. The van der Waals surface area contributed by atoms with Crippen LogP contribution < -0.4 is 53.0 Å². The number of thioether (sulfide) groups is 2. The molecule has 100 heavy (non-hydrogen) atoms. The van der Waals surface area contributed by atoms with Gasteiger partial charge < -0.3 is 78.0 Å². The lowest BCUT2D eigenvalue weighted by molar-refractivity contribution is -0.146. The van der Waals surface area contributed by atoms with Gasteiger partial charge >= 0.3 is 5.97 Å². The van der Waals surface area contributed by atoms with Crippen LogP contribution in [0.2, 0.25) is 0 Å². The molecule has 0 saturated carbocycles. The third-order valence-corrected chi connectivity index (χ3v) is 19.7. The number of halogens is 2. The first-order chi connectivity index (χ1) is 48.1. The summed E-state index contributed by atoms with van der Waals surface area (Å²) in [5.41, 5.74) is 8.62. The van der Waals surface area contributed by atoms with Gasteiger partial charge in [0.05, 0.1) is 13.5 Å². The van der Waals surface area contributed by atoms with Crippen molar-refractivity contribution in [3.05, 3.63) is 155 Å². The summed E-state index contributed by atoms with van der Waals surface area (Å²) in [6.45, 7) is 3.78. The van der Waals surface area contributed by atoms with Crippen molar-refractivity contribution in [3.63, 3.8) is 0 Å². The lowest BCUT2D eigenvalue weighted by Crippen LogP contribution is -2.62. The van der Waals surface area contributed by atoms with Gasteiger partial charge in [-0.1, -0.05) is 36.4 Å². The summed E-state index contributed by atoms with van der Waals surface area (Å²) in [5.74, 6) is -7.42. The van der Waals surface area contributed by atoms with E-state index in [-0.39, 0.29) is 68.5 Å². The number of benzene rings is 4. The van der Waals surface area contributed by atoms with Crippen LogP contribution in [-0.4, -0.2) is 175 Å².